The van der Waals surface area contributed by atoms with Crippen LogP contribution in [0.25, 0.3) is 0 Å². The van der Waals surface area contributed by atoms with Gasteiger partial charge in [-0.15, -0.1) is 0 Å². The van der Waals surface area contributed by atoms with Crippen LogP contribution in [0.4, 0.5) is 8.78 Å². The second kappa shape index (κ2) is 10.1. The summed E-state index contributed by atoms with van der Waals surface area (Å²) in [5.41, 5.74) is 2.64. The summed E-state index contributed by atoms with van der Waals surface area (Å²) in [6.45, 7) is 5.09. The predicted molar refractivity (Wildman–Crippen MR) is 116 cm³/mol. The molecule has 168 valence electrons. The molecule has 2 fully saturated rings. The Morgan fingerprint density at radius 1 is 0.806 bits per heavy atom. The van der Waals surface area contributed by atoms with E-state index >= 15 is 0 Å². The van der Waals surface area contributed by atoms with E-state index in [1.54, 1.807) is 6.92 Å². The van der Waals surface area contributed by atoms with Gasteiger partial charge in [-0.25, -0.2) is 4.39 Å². The van der Waals surface area contributed by atoms with E-state index in [4.69, 9.17) is 14.2 Å². The molecule has 0 spiro atoms. The van der Waals surface area contributed by atoms with Crippen LogP contribution in [0.3, 0.4) is 0 Å². The zero-order chi connectivity index (χ0) is 21.8. The van der Waals surface area contributed by atoms with Crippen LogP contribution in [0.5, 0.6) is 5.75 Å². The molecule has 0 unspecified atom stereocenters. The molecule has 1 saturated carbocycles. The number of hydrogen-bond donors (Lipinski definition) is 0. The van der Waals surface area contributed by atoms with Crippen molar-refractivity contribution >= 4 is 0 Å². The molecular weight excluding hydrogens is 398 g/mol. The van der Waals surface area contributed by atoms with E-state index in [0.717, 1.165) is 11.5 Å². The SMILES string of the molecule is CCOc1ccc(C2OCC(c3ccc(C4CCC(CC)CC4)cc3)CO2)c(F)c1F. The highest BCUT2D eigenvalue weighted by atomic mass is 19.2. The first-order valence-electron chi connectivity index (χ1n) is 11.5. The van der Waals surface area contributed by atoms with Gasteiger partial charge in [0, 0.05) is 11.5 Å². The van der Waals surface area contributed by atoms with Crippen molar-refractivity contribution in [3.8, 4) is 5.75 Å². The van der Waals surface area contributed by atoms with Gasteiger partial charge < -0.3 is 14.2 Å². The fourth-order valence-corrected chi connectivity index (χ4v) is 4.82. The van der Waals surface area contributed by atoms with Gasteiger partial charge >= 0.3 is 0 Å². The predicted octanol–water partition coefficient (Wildman–Crippen LogP) is 6.88. The van der Waals surface area contributed by atoms with Crippen molar-refractivity contribution in [2.75, 3.05) is 19.8 Å². The molecule has 2 aliphatic rings. The molecule has 4 rings (SSSR count). The molecule has 1 aliphatic carbocycles. The monoisotopic (exact) mass is 430 g/mol. The molecule has 5 heteroatoms. The molecule has 1 saturated heterocycles. The molecule has 2 aromatic carbocycles. The maximum absolute atomic E-state index is 14.4. The Morgan fingerprint density at radius 3 is 2.00 bits per heavy atom. The summed E-state index contributed by atoms with van der Waals surface area (Å²) in [4.78, 5) is 0. The largest absolute Gasteiger partial charge is 0.491 e. The molecule has 3 nitrogen and oxygen atoms in total. The fourth-order valence-electron chi connectivity index (χ4n) is 4.82. The average molecular weight is 431 g/mol. The van der Waals surface area contributed by atoms with Crippen molar-refractivity contribution in [2.24, 2.45) is 5.92 Å². The second-order valence-corrected chi connectivity index (χ2v) is 8.70. The van der Waals surface area contributed by atoms with Gasteiger partial charge in [-0.2, -0.15) is 4.39 Å². The number of halogens is 2. The van der Waals surface area contributed by atoms with E-state index in [1.165, 1.54) is 49.8 Å². The molecule has 0 radical (unpaired) electrons. The lowest BCUT2D eigenvalue weighted by molar-refractivity contribution is -0.193. The molecular formula is C26H32F2O3. The van der Waals surface area contributed by atoms with Crippen LogP contribution in [0.15, 0.2) is 36.4 Å². The summed E-state index contributed by atoms with van der Waals surface area (Å²) in [5.74, 6) is -0.433. The smallest absolute Gasteiger partial charge is 0.201 e. The van der Waals surface area contributed by atoms with Crippen molar-refractivity contribution in [1.29, 1.82) is 0 Å². The molecule has 0 N–H and O–H groups in total. The first-order chi connectivity index (χ1) is 15.1. The zero-order valence-corrected chi connectivity index (χ0v) is 18.4. The normalized spacial score (nSPS) is 26.6. The Bertz CT molecular complexity index is 852. The third-order valence-corrected chi connectivity index (χ3v) is 6.83. The van der Waals surface area contributed by atoms with Gasteiger partial charge in [-0.3, -0.25) is 0 Å². The molecule has 0 amide bonds. The Hall–Kier alpha value is -1.98. The van der Waals surface area contributed by atoms with Crippen LogP contribution >= 0.6 is 0 Å². The van der Waals surface area contributed by atoms with E-state index in [0.29, 0.717) is 19.1 Å². The summed E-state index contributed by atoms with van der Waals surface area (Å²) in [5, 5.41) is 0. The lowest BCUT2D eigenvalue weighted by atomic mass is 9.77. The van der Waals surface area contributed by atoms with Gasteiger partial charge in [-0.05, 0) is 67.7 Å². The molecule has 1 heterocycles. The van der Waals surface area contributed by atoms with Crippen molar-refractivity contribution in [3.63, 3.8) is 0 Å². The lowest BCUT2D eigenvalue weighted by Gasteiger charge is -2.31. The third kappa shape index (κ3) is 4.93. The van der Waals surface area contributed by atoms with E-state index < -0.39 is 17.9 Å². The van der Waals surface area contributed by atoms with Gasteiger partial charge in [0.05, 0.1) is 19.8 Å². The summed E-state index contributed by atoms with van der Waals surface area (Å²) in [6, 6.07) is 11.7. The van der Waals surface area contributed by atoms with Crippen molar-refractivity contribution in [1.82, 2.24) is 0 Å². The van der Waals surface area contributed by atoms with Gasteiger partial charge in [0.2, 0.25) is 5.82 Å². The minimum absolute atomic E-state index is 0.0671. The Morgan fingerprint density at radius 2 is 1.42 bits per heavy atom. The third-order valence-electron chi connectivity index (χ3n) is 6.83. The topological polar surface area (TPSA) is 27.7 Å². The molecule has 1 aliphatic heterocycles. The molecule has 31 heavy (non-hydrogen) atoms. The molecule has 0 aromatic heterocycles. The standard InChI is InChI=1S/C26H32F2O3/c1-3-17-5-7-18(8-6-17)19-9-11-20(12-10-19)21-15-30-26(31-16-21)22-13-14-23(29-4-2)25(28)24(22)27/h9-14,17-18,21,26H,3-8,15-16H2,1-2H3. The Kier molecular flexibility index (Phi) is 7.24. The van der Waals surface area contributed by atoms with Gasteiger partial charge in [0.1, 0.15) is 0 Å². The van der Waals surface area contributed by atoms with Crippen LogP contribution in [-0.2, 0) is 9.47 Å². The molecule has 2 aromatic rings. The lowest BCUT2D eigenvalue weighted by Crippen LogP contribution is -2.26. The van der Waals surface area contributed by atoms with Crippen molar-refractivity contribution < 1.29 is 23.0 Å². The quantitative estimate of drug-likeness (QED) is 0.500. The van der Waals surface area contributed by atoms with Crippen molar-refractivity contribution in [2.45, 2.75) is 64.1 Å². The van der Waals surface area contributed by atoms with E-state index in [-0.39, 0.29) is 23.8 Å². The van der Waals surface area contributed by atoms with Gasteiger partial charge in [0.25, 0.3) is 0 Å². The van der Waals surface area contributed by atoms with Gasteiger partial charge in [-0.1, -0.05) is 37.6 Å². The number of hydrogen-bond acceptors (Lipinski definition) is 3. The summed E-state index contributed by atoms with van der Waals surface area (Å²) in [6.07, 6.45) is 5.60. The molecule has 0 bridgehead atoms. The highest BCUT2D eigenvalue weighted by Crippen LogP contribution is 2.38. The number of rotatable bonds is 6. The van der Waals surface area contributed by atoms with E-state index in [2.05, 4.69) is 31.2 Å². The maximum atomic E-state index is 14.4. The van der Waals surface area contributed by atoms with E-state index in [1.807, 2.05) is 0 Å². The number of benzene rings is 2. The Balaban J connectivity index is 1.35. The number of ether oxygens (including phenoxy) is 3. The van der Waals surface area contributed by atoms with Crippen molar-refractivity contribution in [3.05, 3.63) is 64.7 Å². The first-order valence-corrected chi connectivity index (χ1v) is 11.5. The van der Waals surface area contributed by atoms with Crippen LogP contribution in [-0.4, -0.2) is 19.8 Å². The summed E-state index contributed by atoms with van der Waals surface area (Å²) < 4.78 is 45.2. The Labute approximate surface area is 183 Å². The molecule has 0 atom stereocenters. The highest BCUT2D eigenvalue weighted by molar-refractivity contribution is 5.32. The summed E-state index contributed by atoms with van der Waals surface area (Å²) >= 11 is 0. The van der Waals surface area contributed by atoms with Crippen LogP contribution in [0, 0.1) is 17.6 Å². The zero-order valence-electron chi connectivity index (χ0n) is 18.4. The fraction of sp³-hybridized carbons (Fsp3) is 0.538. The summed E-state index contributed by atoms with van der Waals surface area (Å²) in [7, 11) is 0. The minimum Gasteiger partial charge on any atom is -0.491 e. The second-order valence-electron chi connectivity index (χ2n) is 8.70. The van der Waals surface area contributed by atoms with Gasteiger partial charge in [0.15, 0.2) is 17.9 Å². The highest BCUT2D eigenvalue weighted by Gasteiger charge is 2.29. The van der Waals surface area contributed by atoms with Crippen LogP contribution in [0.1, 0.15) is 80.8 Å². The maximum Gasteiger partial charge on any atom is 0.201 e. The van der Waals surface area contributed by atoms with Crippen LogP contribution < -0.4 is 4.74 Å². The van der Waals surface area contributed by atoms with E-state index in [9.17, 15) is 8.78 Å². The van der Waals surface area contributed by atoms with Crippen LogP contribution in [0.2, 0.25) is 0 Å². The average Bonchev–Trinajstić information content (AvgIpc) is 2.83. The first kappa shape index (κ1) is 22.2. The minimum atomic E-state index is -1.00.